The first-order valence-corrected chi connectivity index (χ1v) is 10.9. The average Bonchev–Trinajstić information content (AvgIpc) is 2.81. The van der Waals surface area contributed by atoms with Crippen LogP contribution in [-0.4, -0.2) is 26.7 Å². The van der Waals surface area contributed by atoms with Crippen molar-refractivity contribution in [2.75, 3.05) is 6.61 Å². The number of para-hydroxylation sites is 1. The van der Waals surface area contributed by atoms with Gasteiger partial charge in [-0.2, -0.15) is 4.99 Å². The monoisotopic (exact) mass is 451 g/mol. The van der Waals surface area contributed by atoms with Crippen molar-refractivity contribution >= 4 is 11.7 Å². The molecule has 0 amide bonds. The SMILES string of the molecule is Cc1ccccc1OC1=Nc2c(c(=O)n(CCCO)c(=O)n2C)CC1Cc1ccc(F)cc1. The van der Waals surface area contributed by atoms with Gasteiger partial charge in [0.15, 0.2) is 5.90 Å². The van der Waals surface area contributed by atoms with E-state index in [9.17, 15) is 14.0 Å². The molecule has 1 N–H and O–H groups in total. The molecule has 1 atom stereocenters. The zero-order valence-electron chi connectivity index (χ0n) is 18.6. The molecule has 4 rings (SSSR count). The number of fused-ring (bicyclic) bond motifs is 1. The molecule has 1 aliphatic heterocycles. The summed E-state index contributed by atoms with van der Waals surface area (Å²) in [5.74, 6) is 0.733. The first kappa shape index (κ1) is 22.7. The summed E-state index contributed by atoms with van der Waals surface area (Å²) in [6.45, 7) is 1.94. The number of ether oxygens (including phenoxy) is 1. The number of benzene rings is 2. The highest BCUT2D eigenvalue weighted by Gasteiger charge is 2.30. The Labute approximate surface area is 190 Å². The number of halogens is 1. The zero-order valence-corrected chi connectivity index (χ0v) is 18.6. The quantitative estimate of drug-likeness (QED) is 0.625. The summed E-state index contributed by atoms with van der Waals surface area (Å²) >= 11 is 0. The number of hydrogen-bond acceptors (Lipinski definition) is 5. The van der Waals surface area contributed by atoms with Gasteiger partial charge in [-0.05, 0) is 55.5 Å². The van der Waals surface area contributed by atoms with Gasteiger partial charge in [0.05, 0.1) is 5.56 Å². The van der Waals surface area contributed by atoms with Crippen LogP contribution in [0.4, 0.5) is 10.2 Å². The van der Waals surface area contributed by atoms with Crippen molar-refractivity contribution in [3.63, 3.8) is 0 Å². The van der Waals surface area contributed by atoms with E-state index in [1.54, 1.807) is 19.2 Å². The Bertz CT molecular complexity index is 1310. The molecule has 172 valence electrons. The molecule has 2 heterocycles. The third-order valence-electron chi connectivity index (χ3n) is 5.87. The predicted molar refractivity (Wildman–Crippen MR) is 124 cm³/mol. The van der Waals surface area contributed by atoms with E-state index in [2.05, 4.69) is 4.99 Å². The van der Waals surface area contributed by atoms with Gasteiger partial charge in [-0.15, -0.1) is 0 Å². The van der Waals surface area contributed by atoms with Crippen molar-refractivity contribution in [3.8, 4) is 5.75 Å². The summed E-state index contributed by atoms with van der Waals surface area (Å²) in [5, 5.41) is 9.15. The Hall–Kier alpha value is -3.52. The lowest BCUT2D eigenvalue weighted by atomic mass is 9.90. The van der Waals surface area contributed by atoms with Gasteiger partial charge < -0.3 is 9.84 Å². The molecule has 1 aromatic heterocycles. The number of aliphatic hydroxyl groups excluding tert-OH is 1. The molecular weight excluding hydrogens is 425 g/mol. The van der Waals surface area contributed by atoms with Gasteiger partial charge in [0, 0.05) is 26.1 Å². The highest BCUT2D eigenvalue weighted by Crippen LogP contribution is 2.29. The Kier molecular flexibility index (Phi) is 6.55. The lowest BCUT2D eigenvalue weighted by Gasteiger charge is -2.26. The van der Waals surface area contributed by atoms with Crippen LogP contribution in [0, 0.1) is 18.7 Å². The van der Waals surface area contributed by atoms with E-state index >= 15 is 0 Å². The van der Waals surface area contributed by atoms with Crippen molar-refractivity contribution in [1.82, 2.24) is 9.13 Å². The molecule has 3 aromatic rings. The number of hydrogen-bond donors (Lipinski definition) is 1. The van der Waals surface area contributed by atoms with Crippen LogP contribution in [0.15, 0.2) is 63.1 Å². The number of aliphatic imine (C=N–C) groups is 1. The largest absolute Gasteiger partial charge is 0.442 e. The molecule has 8 heteroatoms. The number of aromatic nitrogens is 2. The first-order chi connectivity index (χ1) is 15.9. The maximum atomic E-state index is 13.4. The van der Waals surface area contributed by atoms with Crippen molar-refractivity contribution in [2.24, 2.45) is 18.0 Å². The molecule has 1 unspecified atom stereocenters. The van der Waals surface area contributed by atoms with Crippen LogP contribution in [0.2, 0.25) is 0 Å². The second-order valence-corrected chi connectivity index (χ2v) is 8.23. The van der Waals surface area contributed by atoms with Gasteiger partial charge in [-0.1, -0.05) is 30.3 Å². The summed E-state index contributed by atoms with van der Waals surface area (Å²) < 4.78 is 22.1. The third-order valence-corrected chi connectivity index (χ3v) is 5.87. The standard InChI is InChI=1S/C25H26FN3O4/c1-16-6-3-4-7-21(16)33-23-18(14-17-8-10-19(26)11-9-17)15-20-22(27-23)28(2)25(32)29(24(20)31)12-5-13-30/h3-4,6-11,18,30H,5,12-15H2,1-2H3. The second-order valence-electron chi connectivity index (χ2n) is 8.23. The highest BCUT2D eigenvalue weighted by molar-refractivity contribution is 5.86. The summed E-state index contributed by atoms with van der Waals surface area (Å²) in [7, 11) is 1.57. The van der Waals surface area contributed by atoms with Crippen LogP contribution in [0.25, 0.3) is 0 Å². The lowest BCUT2D eigenvalue weighted by molar-refractivity contribution is 0.277. The minimum Gasteiger partial charge on any atom is -0.442 e. The van der Waals surface area contributed by atoms with Crippen LogP contribution in [0.5, 0.6) is 5.75 Å². The van der Waals surface area contributed by atoms with Gasteiger partial charge >= 0.3 is 5.69 Å². The van der Waals surface area contributed by atoms with Crippen molar-refractivity contribution in [3.05, 3.63) is 91.9 Å². The van der Waals surface area contributed by atoms with E-state index in [0.29, 0.717) is 36.5 Å². The van der Waals surface area contributed by atoms with E-state index in [1.807, 2.05) is 31.2 Å². The van der Waals surface area contributed by atoms with Gasteiger partial charge in [-0.25, -0.2) is 9.18 Å². The number of aliphatic hydroxyl groups is 1. The Balaban J connectivity index is 1.80. The van der Waals surface area contributed by atoms with Crippen LogP contribution in [0.1, 0.15) is 23.1 Å². The van der Waals surface area contributed by atoms with Crippen molar-refractivity contribution in [2.45, 2.75) is 32.7 Å². The molecule has 0 fully saturated rings. The highest BCUT2D eigenvalue weighted by atomic mass is 19.1. The third kappa shape index (κ3) is 4.66. The van der Waals surface area contributed by atoms with Crippen LogP contribution < -0.4 is 16.0 Å². The second kappa shape index (κ2) is 9.54. The van der Waals surface area contributed by atoms with Crippen LogP contribution in [-0.2, 0) is 26.4 Å². The fraction of sp³-hybridized carbons (Fsp3) is 0.320. The fourth-order valence-electron chi connectivity index (χ4n) is 4.05. The normalized spacial score (nSPS) is 15.2. The van der Waals surface area contributed by atoms with Crippen molar-refractivity contribution < 1.29 is 14.2 Å². The molecule has 0 saturated carbocycles. The summed E-state index contributed by atoms with van der Waals surface area (Å²) in [6.07, 6.45) is 1.12. The predicted octanol–water partition coefficient (Wildman–Crippen LogP) is 2.90. The molecule has 33 heavy (non-hydrogen) atoms. The van der Waals surface area contributed by atoms with Gasteiger partial charge in [0.2, 0.25) is 0 Å². The van der Waals surface area contributed by atoms with Crippen LogP contribution in [0.3, 0.4) is 0 Å². The molecule has 0 bridgehead atoms. The topological polar surface area (TPSA) is 85.8 Å². The minimum absolute atomic E-state index is 0.119. The Morgan fingerprint density at radius 1 is 1.15 bits per heavy atom. The van der Waals surface area contributed by atoms with Gasteiger partial charge in [0.25, 0.3) is 5.56 Å². The van der Waals surface area contributed by atoms with E-state index in [4.69, 9.17) is 9.84 Å². The summed E-state index contributed by atoms with van der Waals surface area (Å²) in [4.78, 5) is 30.6. The smallest absolute Gasteiger partial charge is 0.332 e. The lowest BCUT2D eigenvalue weighted by Crippen LogP contribution is -2.43. The molecular formula is C25H26FN3O4. The molecule has 0 radical (unpaired) electrons. The van der Waals surface area contributed by atoms with Gasteiger partial charge in [-0.3, -0.25) is 13.9 Å². The van der Waals surface area contributed by atoms with E-state index in [1.165, 1.54) is 16.7 Å². The van der Waals surface area contributed by atoms with E-state index < -0.39 is 11.2 Å². The van der Waals surface area contributed by atoms with Crippen molar-refractivity contribution in [1.29, 1.82) is 0 Å². The maximum absolute atomic E-state index is 13.4. The fourth-order valence-corrected chi connectivity index (χ4v) is 4.05. The summed E-state index contributed by atoms with van der Waals surface area (Å²) in [6, 6.07) is 13.8. The molecule has 0 aliphatic carbocycles. The number of rotatable bonds is 6. The zero-order chi connectivity index (χ0) is 23.5. The Morgan fingerprint density at radius 2 is 1.88 bits per heavy atom. The molecule has 0 saturated heterocycles. The minimum atomic E-state index is -0.483. The summed E-state index contributed by atoms with van der Waals surface area (Å²) in [5.41, 5.74) is 1.36. The average molecular weight is 451 g/mol. The molecule has 2 aromatic carbocycles. The number of aryl methyl sites for hydroxylation is 1. The Morgan fingerprint density at radius 3 is 2.58 bits per heavy atom. The molecule has 7 nitrogen and oxygen atoms in total. The first-order valence-electron chi connectivity index (χ1n) is 10.9. The van der Waals surface area contributed by atoms with E-state index in [0.717, 1.165) is 15.7 Å². The molecule has 0 spiro atoms. The van der Waals surface area contributed by atoms with Crippen LogP contribution >= 0.6 is 0 Å². The van der Waals surface area contributed by atoms with Gasteiger partial charge in [0.1, 0.15) is 17.4 Å². The maximum Gasteiger partial charge on any atom is 0.332 e. The molecule has 1 aliphatic rings. The number of nitrogens with zero attached hydrogens (tertiary/aromatic N) is 3. The van der Waals surface area contributed by atoms with E-state index in [-0.39, 0.29) is 30.7 Å².